The van der Waals surface area contributed by atoms with Crippen molar-refractivity contribution in [2.24, 2.45) is 22.5 Å². The van der Waals surface area contributed by atoms with Crippen LogP contribution in [0.2, 0.25) is 0 Å². The molecule has 3 atom stereocenters. The fourth-order valence-electron chi connectivity index (χ4n) is 4.47. The van der Waals surface area contributed by atoms with Crippen molar-refractivity contribution >= 4 is 0 Å². The fraction of sp³-hybridized carbons (Fsp3) is 0.667. The van der Waals surface area contributed by atoms with Crippen molar-refractivity contribution in [3.8, 4) is 0 Å². The van der Waals surface area contributed by atoms with Gasteiger partial charge in [-0.25, -0.2) is 0 Å². The summed E-state index contributed by atoms with van der Waals surface area (Å²) in [6, 6.07) is 8.37. The van der Waals surface area contributed by atoms with Crippen molar-refractivity contribution in [2.75, 3.05) is 0 Å². The summed E-state index contributed by atoms with van der Waals surface area (Å²) in [7, 11) is 0. The molecular formula is C18H27NO. The Bertz CT molecular complexity index is 496. The largest absolute Gasteiger partial charge is 0.373 e. The van der Waals surface area contributed by atoms with Crippen LogP contribution in [0.3, 0.4) is 0 Å². The summed E-state index contributed by atoms with van der Waals surface area (Å²) in [5.74, 6) is 0.835. The second-order valence-electron chi connectivity index (χ2n) is 7.38. The third-order valence-electron chi connectivity index (χ3n) is 6.49. The van der Waals surface area contributed by atoms with E-state index in [4.69, 9.17) is 10.5 Å². The molecule has 2 N–H and O–H groups in total. The molecule has 2 aliphatic carbocycles. The van der Waals surface area contributed by atoms with Gasteiger partial charge in [0.25, 0.3) is 0 Å². The monoisotopic (exact) mass is 273 g/mol. The number of fused-ring (bicyclic) bond motifs is 2. The summed E-state index contributed by atoms with van der Waals surface area (Å²) in [6.07, 6.45) is 4.33. The first-order chi connectivity index (χ1) is 9.49. The summed E-state index contributed by atoms with van der Waals surface area (Å²) < 4.78 is 6.35. The van der Waals surface area contributed by atoms with E-state index in [-0.39, 0.29) is 0 Å². The third kappa shape index (κ3) is 1.93. The van der Waals surface area contributed by atoms with Crippen molar-refractivity contribution in [3.63, 3.8) is 0 Å². The summed E-state index contributed by atoms with van der Waals surface area (Å²) in [6.45, 7) is 8.59. The van der Waals surface area contributed by atoms with Crippen molar-refractivity contribution in [1.29, 1.82) is 0 Å². The van der Waals surface area contributed by atoms with Gasteiger partial charge < -0.3 is 10.5 Å². The van der Waals surface area contributed by atoms with Crippen LogP contribution in [0.1, 0.15) is 51.2 Å². The summed E-state index contributed by atoms with van der Waals surface area (Å²) >= 11 is 0. The average Bonchev–Trinajstić information content (AvgIpc) is 2.78. The number of hydrogen-bond acceptors (Lipinski definition) is 2. The zero-order chi connectivity index (χ0) is 14.4. The molecule has 1 aromatic rings. The maximum atomic E-state index is 6.35. The van der Waals surface area contributed by atoms with E-state index in [9.17, 15) is 0 Å². The van der Waals surface area contributed by atoms with Gasteiger partial charge in [0.1, 0.15) is 0 Å². The fourth-order valence-corrected chi connectivity index (χ4v) is 4.47. The molecule has 0 spiro atoms. The molecule has 2 nitrogen and oxygen atoms in total. The predicted octanol–water partition coefficient (Wildman–Crippen LogP) is 3.88. The molecule has 2 saturated carbocycles. The van der Waals surface area contributed by atoms with Crippen LogP contribution in [0.4, 0.5) is 0 Å². The maximum Gasteiger partial charge on any atom is 0.0724 e. The Labute approximate surface area is 122 Å². The molecule has 0 aliphatic heterocycles. The predicted molar refractivity (Wildman–Crippen MR) is 82.1 cm³/mol. The maximum absolute atomic E-state index is 6.35. The second kappa shape index (κ2) is 4.85. The molecule has 2 heteroatoms. The molecular weight excluding hydrogens is 246 g/mol. The summed E-state index contributed by atoms with van der Waals surface area (Å²) in [5.41, 5.74) is 9.03. The van der Waals surface area contributed by atoms with Gasteiger partial charge in [0, 0.05) is 6.54 Å². The Morgan fingerprint density at radius 1 is 1.20 bits per heavy atom. The lowest BCUT2D eigenvalue weighted by molar-refractivity contribution is -0.0552. The van der Waals surface area contributed by atoms with E-state index >= 15 is 0 Å². The quantitative estimate of drug-likeness (QED) is 0.903. The molecule has 2 aliphatic rings. The molecule has 0 amide bonds. The van der Waals surface area contributed by atoms with Crippen LogP contribution in [-0.4, -0.2) is 6.10 Å². The first kappa shape index (κ1) is 14.1. The van der Waals surface area contributed by atoms with Crippen molar-refractivity contribution in [3.05, 3.63) is 35.4 Å². The van der Waals surface area contributed by atoms with E-state index in [0.717, 1.165) is 5.92 Å². The Morgan fingerprint density at radius 3 is 2.45 bits per heavy atom. The van der Waals surface area contributed by atoms with Crippen LogP contribution in [-0.2, 0) is 17.9 Å². The van der Waals surface area contributed by atoms with E-state index in [1.165, 1.54) is 30.4 Å². The Kier molecular flexibility index (Phi) is 3.42. The molecule has 3 rings (SSSR count). The van der Waals surface area contributed by atoms with Crippen LogP contribution in [0.15, 0.2) is 24.3 Å². The standard InChI is InChI=1S/C18H27NO/c1-17(2)15-8-9-18(17,3)16(10-15)20-12-14-7-5-4-6-13(14)11-19/h4-7,15-16H,8-12,19H2,1-3H3. The van der Waals surface area contributed by atoms with E-state index in [0.29, 0.717) is 30.1 Å². The van der Waals surface area contributed by atoms with Gasteiger partial charge in [-0.1, -0.05) is 45.0 Å². The molecule has 2 fully saturated rings. The highest BCUT2D eigenvalue weighted by molar-refractivity contribution is 5.26. The first-order valence-electron chi connectivity index (χ1n) is 7.87. The number of ether oxygens (including phenoxy) is 1. The normalized spacial score (nSPS) is 34.6. The highest BCUT2D eigenvalue weighted by Gasteiger charge is 2.61. The molecule has 0 radical (unpaired) electrons. The van der Waals surface area contributed by atoms with E-state index in [1.807, 2.05) is 6.07 Å². The minimum Gasteiger partial charge on any atom is -0.373 e. The first-order valence-corrected chi connectivity index (χ1v) is 7.87. The van der Waals surface area contributed by atoms with E-state index < -0.39 is 0 Å². The van der Waals surface area contributed by atoms with Gasteiger partial charge >= 0.3 is 0 Å². The zero-order valence-electron chi connectivity index (χ0n) is 13.0. The van der Waals surface area contributed by atoms with Gasteiger partial charge in [-0.3, -0.25) is 0 Å². The van der Waals surface area contributed by atoms with Crippen LogP contribution < -0.4 is 5.73 Å². The molecule has 0 heterocycles. The van der Waals surface area contributed by atoms with Gasteiger partial charge in [0.05, 0.1) is 12.7 Å². The lowest BCUT2D eigenvalue weighted by Crippen LogP contribution is -2.37. The van der Waals surface area contributed by atoms with Gasteiger partial charge in [0.2, 0.25) is 0 Å². The third-order valence-corrected chi connectivity index (χ3v) is 6.49. The van der Waals surface area contributed by atoms with Crippen LogP contribution in [0.25, 0.3) is 0 Å². The van der Waals surface area contributed by atoms with Gasteiger partial charge in [-0.2, -0.15) is 0 Å². The SMILES string of the molecule is CC1(C)C2CCC1(C)C(OCc1ccccc1CN)C2. The van der Waals surface area contributed by atoms with Crippen LogP contribution in [0, 0.1) is 16.7 Å². The minimum atomic E-state index is 0.343. The molecule has 20 heavy (non-hydrogen) atoms. The van der Waals surface area contributed by atoms with Crippen molar-refractivity contribution in [2.45, 2.75) is 59.3 Å². The highest BCUT2D eigenvalue weighted by atomic mass is 16.5. The van der Waals surface area contributed by atoms with Crippen LogP contribution >= 0.6 is 0 Å². The summed E-state index contributed by atoms with van der Waals surface area (Å²) in [4.78, 5) is 0. The number of hydrogen-bond donors (Lipinski definition) is 1. The number of benzene rings is 1. The van der Waals surface area contributed by atoms with Gasteiger partial charge in [0.15, 0.2) is 0 Å². The Morgan fingerprint density at radius 2 is 1.90 bits per heavy atom. The van der Waals surface area contributed by atoms with Crippen LogP contribution in [0.5, 0.6) is 0 Å². The molecule has 2 bridgehead atoms. The topological polar surface area (TPSA) is 35.2 Å². The number of nitrogens with two attached hydrogens (primary N) is 1. The van der Waals surface area contributed by atoms with E-state index in [2.05, 4.69) is 39.0 Å². The van der Waals surface area contributed by atoms with Crippen molar-refractivity contribution in [1.82, 2.24) is 0 Å². The summed E-state index contributed by atoms with van der Waals surface area (Å²) in [5, 5.41) is 0. The minimum absolute atomic E-state index is 0.343. The lowest BCUT2D eigenvalue weighted by Gasteiger charge is -2.39. The lowest BCUT2D eigenvalue weighted by atomic mass is 9.70. The molecule has 110 valence electrons. The van der Waals surface area contributed by atoms with Gasteiger partial charge in [-0.05, 0) is 47.1 Å². The zero-order valence-corrected chi connectivity index (χ0v) is 13.0. The van der Waals surface area contributed by atoms with E-state index in [1.54, 1.807) is 0 Å². The van der Waals surface area contributed by atoms with Crippen molar-refractivity contribution < 1.29 is 4.74 Å². The molecule has 0 aromatic heterocycles. The average molecular weight is 273 g/mol. The molecule has 1 aromatic carbocycles. The van der Waals surface area contributed by atoms with Gasteiger partial charge in [-0.15, -0.1) is 0 Å². The molecule has 3 unspecified atom stereocenters. The number of rotatable bonds is 4. The Balaban J connectivity index is 1.71. The second-order valence-corrected chi connectivity index (χ2v) is 7.38. The Hall–Kier alpha value is -0.860. The smallest absolute Gasteiger partial charge is 0.0724 e. The highest BCUT2D eigenvalue weighted by Crippen LogP contribution is 2.66. The molecule has 0 saturated heterocycles.